The summed E-state index contributed by atoms with van der Waals surface area (Å²) in [6, 6.07) is 51.4. The SMILES string of the molecule is Cc1ccc2c(n1)oc1c(-c3nc4cc5ccccc5cc4n3-c3cccc4c3oc3ccccc34)[c-]cc(F)c12.[2H]C([2H])([2H])c1cc(-c2[c-]cc(F)c(-c3ccccc3)c2)nc[c]1[Ge]([CH3])([CH3])[CH3].[Ir]. The Bertz CT molecular complexity index is 3960. The van der Waals surface area contributed by atoms with E-state index in [1.54, 1.807) is 18.3 Å². The average Bonchev–Trinajstić information content (AvgIpc) is 4.02. The number of pyridine rings is 2. The first-order valence-corrected chi connectivity index (χ1v) is 28.6. The van der Waals surface area contributed by atoms with E-state index in [0.717, 1.165) is 65.1 Å². The van der Waals surface area contributed by atoms with Gasteiger partial charge in [-0.05, 0) is 59.5 Å². The summed E-state index contributed by atoms with van der Waals surface area (Å²) in [6.07, 6.45) is 1.69. The van der Waals surface area contributed by atoms with Gasteiger partial charge in [-0.1, -0.05) is 60.2 Å². The molecule has 325 valence electrons. The fourth-order valence-electron chi connectivity index (χ4n) is 8.67. The smallest absolute Gasteiger partial charge is 0 e. The van der Waals surface area contributed by atoms with Crippen molar-refractivity contribution >= 4 is 83.5 Å². The Hall–Kier alpha value is -6.78. The Morgan fingerprint density at radius 3 is 2.24 bits per heavy atom. The third-order valence-corrected chi connectivity index (χ3v) is 16.1. The molecule has 0 unspecified atom stereocenters. The quantitative estimate of drug-likeness (QED) is 0.127. The van der Waals surface area contributed by atoms with Crippen LogP contribution in [0.3, 0.4) is 0 Å². The van der Waals surface area contributed by atoms with E-state index in [9.17, 15) is 4.39 Å². The third-order valence-electron chi connectivity index (χ3n) is 11.8. The van der Waals surface area contributed by atoms with E-state index in [4.69, 9.17) is 17.9 Å². The van der Waals surface area contributed by atoms with Crippen LogP contribution in [0.4, 0.5) is 8.78 Å². The largest absolute Gasteiger partial charge is 0 e. The predicted molar refractivity (Wildman–Crippen MR) is 262 cm³/mol. The van der Waals surface area contributed by atoms with Crippen LogP contribution in [0.1, 0.15) is 15.4 Å². The fraction of sp³-hybridized carbons (Fsp3) is 0.0893. The Balaban J connectivity index is 0.000000173. The summed E-state index contributed by atoms with van der Waals surface area (Å²) < 4.78 is 69.1. The molecule has 0 amide bonds. The zero-order chi connectivity index (χ0) is 47.1. The monoisotopic (exact) mass is 1110 g/mol. The first-order valence-electron chi connectivity index (χ1n) is 22.7. The molecule has 0 aliphatic rings. The fourth-order valence-corrected chi connectivity index (χ4v) is 11.5. The third kappa shape index (κ3) is 7.51. The van der Waals surface area contributed by atoms with Crippen LogP contribution in [0.15, 0.2) is 161 Å². The summed E-state index contributed by atoms with van der Waals surface area (Å²) in [6.45, 7) is -0.331. The number of fused-ring (bicyclic) bond motifs is 8. The van der Waals surface area contributed by atoms with Crippen molar-refractivity contribution in [2.75, 3.05) is 0 Å². The average molecular weight is 1110 g/mol. The van der Waals surface area contributed by atoms with Crippen LogP contribution < -0.4 is 4.40 Å². The number of hydrogen-bond donors (Lipinski definition) is 0. The molecule has 1 radical (unpaired) electrons. The predicted octanol–water partition coefficient (Wildman–Crippen LogP) is 14.5. The molecule has 6 nitrogen and oxygen atoms in total. The van der Waals surface area contributed by atoms with Crippen molar-refractivity contribution in [2.24, 2.45) is 0 Å². The molecule has 0 aliphatic heterocycles. The van der Waals surface area contributed by atoms with Gasteiger partial charge in [-0.3, -0.25) is 9.37 Å². The maximum absolute atomic E-state index is 15.3. The Morgan fingerprint density at radius 2 is 1.44 bits per heavy atom. The zero-order valence-electron chi connectivity index (χ0n) is 39.1. The van der Waals surface area contributed by atoms with Crippen LogP contribution in [-0.2, 0) is 20.1 Å². The minimum Gasteiger partial charge on any atom is 0 e. The van der Waals surface area contributed by atoms with E-state index in [-0.39, 0.29) is 25.9 Å². The number of nitrogens with zero attached hydrogens (tertiary/aromatic N) is 4. The molecule has 0 fully saturated rings. The number of para-hydroxylation sites is 2. The Morgan fingerprint density at radius 1 is 0.697 bits per heavy atom. The van der Waals surface area contributed by atoms with Gasteiger partial charge in [-0.15, -0.1) is 12.1 Å². The van der Waals surface area contributed by atoms with E-state index in [0.29, 0.717) is 55.8 Å². The van der Waals surface area contributed by atoms with Crippen molar-refractivity contribution < 1.29 is 41.8 Å². The van der Waals surface area contributed by atoms with Crippen LogP contribution in [0.5, 0.6) is 0 Å². The molecular formula is C56H40F2GeIrN4O2-2. The number of hydrogen-bond acceptors (Lipinski definition) is 5. The number of benzene rings is 7. The number of aromatic nitrogens is 4. The van der Waals surface area contributed by atoms with Gasteiger partial charge in [-0.25, -0.2) is 4.98 Å². The number of furan rings is 2. The summed E-state index contributed by atoms with van der Waals surface area (Å²) in [5.41, 5.74) is 8.74. The van der Waals surface area contributed by atoms with Crippen molar-refractivity contribution in [1.82, 2.24) is 19.5 Å². The summed E-state index contributed by atoms with van der Waals surface area (Å²) in [7, 11) is 0. The van der Waals surface area contributed by atoms with Gasteiger partial charge in [0, 0.05) is 47.8 Å². The first kappa shape index (κ1) is 39.6. The maximum Gasteiger partial charge on any atom is 0 e. The summed E-state index contributed by atoms with van der Waals surface area (Å²) in [5.74, 6) is 6.21. The molecule has 5 aromatic heterocycles. The summed E-state index contributed by atoms with van der Waals surface area (Å²) >= 11 is -2.41. The van der Waals surface area contributed by atoms with Crippen LogP contribution in [-0.4, -0.2) is 32.8 Å². The van der Waals surface area contributed by atoms with E-state index < -0.39 is 25.9 Å². The normalized spacial score (nSPS) is 12.6. The molecule has 0 saturated heterocycles. The van der Waals surface area contributed by atoms with Gasteiger partial charge in [0.15, 0.2) is 5.58 Å². The van der Waals surface area contributed by atoms with Gasteiger partial charge in [-0.2, -0.15) is 0 Å². The van der Waals surface area contributed by atoms with E-state index in [1.165, 1.54) is 12.1 Å². The van der Waals surface area contributed by atoms with Gasteiger partial charge in [0.25, 0.3) is 0 Å². The van der Waals surface area contributed by atoms with Crippen molar-refractivity contribution in [1.29, 1.82) is 0 Å². The Labute approximate surface area is 399 Å². The first-order chi connectivity index (χ1) is 32.7. The van der Waals surface area contributed by atoms with E-state index in [1.807, 2.05) is 91.9 Å². The van der Waals surface area contributed by atoms with Crippen LogP contribution in [0, 0.1) is 37.5 Å². The van der Waals surface area contributed by atoms with Gasteiger partial charge in [0.05, 0.1) is 28.1 Å². The van der Waals surface area contributed by atoms with Crippen LogP contribution >= 0.6 is 0 Å². The molecule has 5 heterocycles. The molecule has 0 bridgehead atoms. The van der Waals surface area contributed by atoms with Crippen LogP contribution in [0.2, 0.25) is 17.3 Å². The zero-order valence-corrected chi connectivity index (χ0v) is 40.6. The molecule has 12 aromatic rings. The second-order valence-corrected chi connectivity index (χ2v) is 27.7. The topological polar surface area (TPSA) is 69.9 Å². The van der Waals surface area contributed by atoms with Gasteiger partial charge in [0.2, 0.25) is 5.71 Å². The van der Waals surface area contributed by atoms with Gasteiger partial charge < -0.3 is 13.4 Å². The van der Waals surface area contributed by atoms with Crippen molar-refractivity contribution in [3.05, 3.63) is 187 Å². The molecule has 7 aromatic carbocycles. The molecule has 0 aliphatic carbocycles. The number of imidazole rings is 1. The molecule has 0 N–H and O–H groups in total. The second kappa shape index (κ2) is 16.9. The molecule has 0 saturated carbocycles. The van der Waals surface area contributed by atoms with Crippen molar-refractivity contribution in [3.63, 3.8) is 0 Å². The summed E-state index contributed by atoms with van der Waals surface area (Å²) in [4.78, 5) is 14.1. The molecule has 12 rings (SSSR count). The molecular weight excluding hydrogens is 1060 g/mol. The number of aryl methyl sites for hydroxylation is 2. The van der Waals surface area contributed by atoms with Gasteiger partial charge in [0.1, 0.15) is 5.58 Å². The molecule has 66 heavy (non-hydrogen) atoms. The van der Waals surface area contributed by atoms with Crippen molar-refractivity contribution in [2.45, 2.75) is 31.0 Å². The second-order valence-electron chi connectivity index (χ2n) is 17.2. The summed E-state index contributed by atoms with van der Waals surface area (Å²) in [5, 5.41) is 5.19. The Kier molecular flexibility index (Phi) is 10.1. The number of halogens is 2. The molecule has 10 heteroatoms. The van der Waals surface area contributed by atoms with E-state index >= 15 is 4.39 Å². The van der Waals surface area contributed by atoms with Gasteiger partial charge >= 0.3 is 150 Å². The van der Waals surface area contributed by atoms with Crippen LogP contribution in [0.25, 0.3) is 105 Å². The standard InChI is InChI=1S/C35H19FN3O2.C21H21FGeN.Ir/c1-19-13-14-24-31-26(36)16-15-25(33(31)41-35(24)37-19)34-38-27-17-20-7-2-3-8-21(20)18-29(27)39(34)28-11-6-10-23-22-9-4-5-12-30(22)40-32(23)28;1-15-12-21(24-14-20(15)23(2,3)4)17-10-11-19(22)18(13-17)16-8-6-5-7-9-16;/h2-14,16-18H,1H3;5-9,11-14H,1-4H3;/q2*-1;/i;1D3;. The maximum atomic E-state index is 15.3. The number of rotatable bonds is 5. The van der Waals surface area contributed by atoms with Crippen molar-refractivity contribution in [3.8, 4) is 39.5 Å². The minimum atomic E-state index is -2.41. The minimum absolute atomic E-state index is 0. The van der Waals surface area contributed by atoms with E-state index in [2.05, 4.69) is 80.3 Å². The molecule has 0 atom stereocenters. The molecule has 0 spiro atoms.